The number of methoxy groups -OCH3 is 1. The van der Waals surface area contributed by atoms with Gasteiger partial charge in [0.25, 0.3) is 5.91 Å². The van der Waals surface area contributed by atoms with Crippen LogP contribution in [0.5, 0.6) is 11.5 Å². The fourth-order valence-corrected chi connectivity index (χ4v) is 4.49. The normalized spacial score (nSPS) is 20.1. The lowest BCUT2D eigenvalue weighted by atomic mass is 10.0. The molecule has 1 atom stereocenters. The number of rotatable bonds is 5. The number of phenolic OH excluding ortho intramolecular Hbond substituents is 1. The molecule has 27 heavy (non-hydrogen) atoms. The van der Waals surface area contributed by atoms with Gasteiger partial charge < -0.3 is 9.84 Å². The van der Waals surface area contributed by atoms with Crippen molar-refractivity contribution >= 4 is 23.0 Å². The zero-order valence-corrected chi connectivity index (χ0v) is 16.1. The number of aromatic hydroxyl groups is 1. The molecule has 0 spiro atoms. The van der Waals surface area contributed by atoms with E-state index < -0.39 is 0 Å². The molecule has 3 heterocycles. The second-order valence-corrected chi connectivity index (χ2v) is 7.87. The molecule has 1 saturated heterocycles. The molecule has 0 bridgehead atoms. The summed E-state index contributed by atoms with van der Waals surface area (Å²) in [7, 11) is 1.52. The van der Waals surface area contributed by atoms with Gasteiger partial charge in [-0.05, 0) is 55.6 Å². The summed E-state index contributed by atoms with van der Waals surface area (Å²) in [5.74, 6) is 0.539. The number of amides is 1. The fraction of sp³-hybridized carbons (Fsp3) is 0.400. The van der Waals surface area contributed by atoms with E-state index in [0.717, 1.165) is 42.1 Å². The number of ether oxygens (including phenoxy) is 1. The Hall–Kier alpha value is -2.38. The van der Waals surface area contributed by atoms with Gasteiger partial charge in [0.2, 0.25) is 0 Å². The van der Waals surface area contributed by atoms with Crippen molar-refractivity contribution in [2.24, 2.45) is 5.10 Å². The molecule has 1 aromatic carbocycles. The Kier molecular flexibility index (Phi) is 5.13. The van der Waals surface area contributed by atoms with Gasteiger partial charge in [-0.25, -0.2) is 5.01 Å². The Morgan fingerprint density at radius 2 is 2.15 bits per heavy atom. The summed E-state index contributed by atoms with van der Waals surface area (Å²) in [6.45, 7) is 2.38. The van der Waals surface area contributed by atoms with E-state index in [2.05, 4.69) is 16.1 Å². The number of thiophene rings is 1. The monoisotopic (exact) mass is 385 g/mol. The Balaban J connectivity index is 1.61. The molecule has 2 aromatic rings. The van der Waals surface area contributed by atoms with Crippen LogP contribution in [0.15, 0.2) is 40.8 Å². The van der Waals surface area contributed by atoms with Crippen molar-refractivity contribution in [2.75, 3.05) is 26.7 Å². The molecular weight excluding hydrogens is 362 g/mol. The first-order valence-electron chi connectivity index (χ1n) is 9.18. The first-order valence-corrected chi connectivity index (χ1v) is 10.1. The van der Waals surface area contributed by atoms with Crippen LogP contribution in [-0.2, 0) is 4.79 Å². The van der Waals surface area contributed by atoms with Gasteiger partial charge in [0.05, 0.1) is 25.4 Å². The molecule has 1 unspecified atom stereocenters. The van der Waals surface area contributed by atoms with Crippen LogP contribution in [0.3, 0.4) is 0 Å². The van der Waals surface area contributed by atoms with Crippen molar-refractivity contribution < 1.29 is 14.6 Å². The maximum Gasteiger partial charge on any atom is 0.257 e. The molecule has 1 aromatic heterocycles. The summed E-state index contributed by atoms with van der Waals surface area (Å²) < 4.78 is 5.22. The average molecular weight is 385 g/mol. The third-order valence-electron chi connectivity index (χ3n) is 5.11. The SMILES string of the molecule is COc1cc(C2=NN(C(=O)CN3CCCC3)C(c3cccs3)C2)ccc1O. The Morgan fingerprint density at radius 1 is 1.33 bits per heavy atom. The van der Waals surface area contributed by atoms with Gasteiger partial charge in [-0.2, -0.15) is 5.10 Å². The standard InChI is InChI=1S/C20H23N3O3S/c1-26-18-11-14(6-7-17(18)24)15-12-16(19-5-4-10-27-19)23(21-15)20(25)13-22-8-2-3-9-22/h4-7,10-11,16,24H,2-3,8-9,12-13H2,1H3. The van der Waals surface area contributed by atoms with Gasteiger partial charge in [-0.15, -0.1) is 11.3 Å². The Labute approximate surface area is 162 Å². The van der Waals surface area contributed by atoms with Crippen molar-refractivity contribution in [2.45, 2.75) is 25.3 Å². The highest BCUT2D eigenvalue weighted by atomic mass is 32.1. The molecule has 0 radical (unpaired) electrons. The van der Waals surface area contributed by atoms with E-state index >= 15 is 0 Å². The van der Waals surface area contributed by atoms with E-state index in [0.29, 0.717) is 18.7 Å². The largest absolute Gasteiger partial charge is 0.504 e. The van der Waals surface area contributed by atoms with Gasteiger partial charge in [-0.3, -0.25) is 9.69 Å². The van der Waals surface area contributed by atoms with Crippen LogP contribution in [0.2, 0.25) is 0 Å². The lowest BCUT2D eigenvalue weighted by molar-refractivity contribution is -0.133. The van der Waals surface area contributed by atoms with Crippen molar-refractivity contribution in [3.8, 4) is 11.5 Å². The molecule has 0 aliphatic carbocycles. The van der Waals surface area contributed by atoms with E-state index in [4.69, 9.17) is 4.74 Å². The quantitative estimate of drug-likeness (QED) is 0.858. The minimum Gasteiger partial charge on any atom is -0.504 e. The second kappa shape index (κ2) is 7.70. The first-order chi connectivity index (χ1) is 13.2. The highest BCUT2D eigenvalue weighted by Crippen LogP contribution is 2.36. The smallest absolute Gasteiger partial charge is 0.257 e. The topological polar surface area (TPSA) is 65.4 Å². The minimum absolute atomic E-state index is 0.0380. The number of hydrogen-bond donors (Lipinski definition) is 1. The van der Waals surface area contributed by atoms with E-state index in [9.17, 15) is 9.90 Å². The van der Waals surface area contributed by atoms with E-state index in [1.54, 1.807) is 28.5 Å². The Morgan fingerprint density at radius 3 is 2.85 bits per heavy atom. The van der Waals surface area contributed by atoms with Crippen LogP contribution >= 0.6 is 11.3 Å². The molecule has 7 heteroatoms. The highest BCUT2D eigenvalue weighted by molar-refractivity contribution is 7.10. The zero-order chi connectivity index (χ0) is 18.8. The number of hydrogen-bond acceptors (Lipinski definition) is 6. The van der Waals surface area contributed by atoms with Crippen LogP contribution in [0, 0.1) is 0 Å². The average Bonchev–Trinajstić information content (AvgIpc) is 3.42. The second-order valence-electron chi connectivity index (χ2n) is 6.89. The molecular formula is C20H23N3O3S. The first kappa shape index (κ1) is 18.0. The number of hydrazone groups is 1. The van der Waals surface area contributed by atoms with Crippen molar-refractivity contribution in [3.05, 3.63) is 46.2 Å². The minimum atomic E-state index is -0.0742. The molecule has 1 amide bonds. The van der Waals surface area contributed by atoms with Crippen LogP contribution in [-0.4, -0.2) is 53.4 Å². The summed E-state index contributed by atoms with van der Waals surface area (Å²) in [5.41, 5.74) is 1.70. The van der Waals surface area contributed by atoms with E-state index in [1.165, 1.54) is 7.11 Å². The van der Waals surface area contributed by atoms with Crippen molar-refractivity contribution in [1.29, 1.82) is 0 Å². The molecule has 1 fully saturated rings. The summed E-state index contributed by atoms with van der Waals surface area (Å²) in [6.07, 6.45) is 2.97. The van der Waals surface area contributed by atoms with E-state index in [-0.39, 0.29) is 17.7 Å². The Bertz CT molecular complexity index is 844. The number of carbonyl (C=O) groups is 1. The third kappa shape index (κ3) is 3.70. The number of carbonyl (C=O) groups excluding carboxylic acids is 1. The lowest BCUT2D eigenvalue weighted by Crippen LogP contribution is -2.36. The number of likely N-dealkylation sites (tertiary alicyclic amines) is 1. The van der Waals surface area contributed by atoms with Crippen LogP contribution in [0.1, 0.15) is 35.7 Å². The predicted octanol–water partition coefficient (Wildman–Crippen LogP) is 3.24. The fourth-order valence-electron chi connectivity index (χ4n) is 3.68. The van der Waals surface area contributed by atoms with Crippen molar-refractivity contribution in [3.63, 3.8) is 0 Å². The summed E-state index contributed by atoms with van der Waals surface area (Å²) in [5, 5.41) is 18.2. The third-order valence-corrected chi connectivity index (χ3v) is 6.08. The van der Waals surface area contributed by atoms with Crippen LogP contribution in [0.4, 0.5) is 0 Å². The van der Waals surface area contributed by atoms with Gasteiger partial charge in [0.1, 0.15) is 0 Å². The summed E-state index contributed by atoms with van der Waals surface area (Å²) in [4.78, 5) is 16.3. The number of phenols is 1. The number of nitrogens with zero attached hydrogens (tertiary/aromatic N) is 3. The molecule has 142 valence electrons. The zero-order valence-electron chi connectivity index (χ0n) is 15.3. The number of benzene rings is 1. The molecule has 2 aliphatic heterocycles. The van der Waals surface area contributed by atoms with Gasteiger partial charge >= 0.3 is 0 Å². The summed E-state index contributed by atoms with van der Waals surface area (Å²) >= 11 is 1.65. The maximum atomic E-state index is 13.0. The molecule has 0 saturated carbocycles. The van der Waals surface area contributed by atoms with Crippen LogP contribution in [0.25, 0.3) is 0 Å². The van der Waals surface area contributed by atoms with Gasteiger partial charge in [-0.1, -0.05) is 6.07 Å². The van der Waals surface area contributed by atoms with Gasteiger partial charge in [0.15, 0.2) is 11.5 Å². The van der Waals surface area contributed by atoms with Crippen molar-refractivity contribution in [1.82, 2.24) is 9.91 Å². The molecule has 4 rings (SSSR count). The molecule has 1 N–H and O–H groups in total. The lowest BCUT2D eigenvalue weighted by Gasteiger charge is -2.23. The van der Waals surface area contributed by atoms with Crippen LogP contribution < -0.4 is 4.74 Å². The van der Waals surface area contributed by atoms with Gasteiger partial charge in [0, 0.05) is 16.9 Å². The highest BCUT2D eigenvalue weighted by Gasteiger charge is 2.34. The van der Waals surface area contributed by atoms with E-state index in [1.807, 2.05) is 17.5 Å². The summed E-state index contributed by atoms with van der Waals surface area (Å²) in [6, 6.07) is 9.18. The maximum absolute atomic E-state index is 13.0. The molecule has 2 aliphatic rings. The predicted molar refractivity (Wildman–Crippen MR) is 105 cm³/mol. The molecule has 6 nitrogen and oxygen atoms in total.